The Morgan fingerprint density at radius 2 is 1.85 bits per heavy atom. The summed E-state index contributed by atoms with van der Waals surface area (Å²) in [7, 11) is 0. The van der Waals surface area contributed by atoms with E-state index in [1.165, 1.54) is 0 Å². The highest BCUT2D eigenvalue weighted by Crippen LogP contribution is 2.19. The molecule has 1 aromatic carbocycles. The van der Waals surface area contributed by atoms with Gasteiger partial charge in [0.15, 0.2) is 0 Å². The average molecular weight is 181 g/mol. The van der Waals surface area contributed by atoms with E-state index in [1.54, 1.807) is 13.8 Å². The maximum atomic E-state index is 9.65. The maximum Gasteiger partial charge on any atom is 0.0930 e. The zero-order valence-electron chi connectivity index (χ0n) is 7.95. The average Bonchev–Trinajstić information content (AvgIpc) is 2.04. The minimum absolute atomic E-state index is 0.395. The van der Waals surface area contributed by atoms with E-state index in [-0.39, 0.29) is 0 Å². The fourth-order valence-corrected chi connectivity index (χ4v) is 1.11. The Labute approximate surface area is 78.1 Å². The van der Waals surface area contributed by atoms with Gasteiger partial charge in [0.25, 0.3) is 0 Å². The summed E-state index contributed by atoms with van der Waals surface area (Å²) in [6, 6.07) is 7.52. The van der Waals surface area contributed by atoms with Crippen LogP contribution in [0.2, 0.25) is 0 Å². The van der Waals surface area contributed by atoms with Gasteiger partial charge in [-0.3, -0.25) is 4.84 Å². The van der Waals surface area contributed by atoms with Gasteiger partial charge in [0.05, 0.1) is 12.2 Å². The van der Waals surface area contributed by atoms with E-state index >= 15 is 0 Å². The summed E-state index contributed by atoms with van der Waals surface area (Å²) < 4.78 is 0. The first-order valence-corrected chi connectivity index (χ1v) is 4.17. The molecule has 0 spiro atoms. The summed E-state index contributed by atoms with van der Waals surface area (Å²) in [6.45, 7) is 3.90. The summed E-state index contributed by atoms with van der Waals surface area (Å²) in [6.07, 6.45) is 0. The molecule has 3 nitrogen and oxygen atoms in total. The van der Waals surface area contributed by atoms with Crippen LogP contribution in [0.1, 0.15) is 25.0 Å². The number of nitrogens with two attached hydrogens (primary N) is 1. The van der Waals surface area contributed by atoms with Crippen molar-refractivity contribution in [2.24, 2.45) is 5.90 Å². The predicted molar refractivity (Wildman–Crippen MR) is 50.7 cm³/mol. The van der Waals surface area contributed by atoms with Crippen LogP contribution in [-0.2, 0) is 17.0 Å². The molecule has 0 saturated carbocycles. The van der Waals surface area contributed by atoms with Gasteiger partial charge in [-0.25, -0.2) is 5.90 Å². The lowest BCUT2D eigenvalue weighted by Gasteiger charge is -2.17. The lowest BCUT2D eigenvalue weighted by Crippen LogP contribution is -2.15. The molecule has 0 amide bonds. The maximum absolute atomic E-state index is 9.65. The van der Waals surface area contributed by atoms with Gasteiger partial charge in [-0.1, -0.05) is 24.3 Å². The molecule has 3 heteroatoms. The molecular formula is C10H15NO2. The van der Waals surface area contributed by atoms with Gasteiger partial charge in [-0.05, 0) is 25.0 Å². The predicted octanol–water partition coefficient (Wildman–Crippen LogP) is 1.30. The number of rotatable bonds is 3. The summed E-state index contributed by atoms with van der Waals surface area (Å²) in [5.41, 5.74) is 1.09. The van der Waals surface area contributed by atoms with Crippen LogP contribution in [0.5, 0.6) is 0 Å². The Kier molecular flexibility index (Phi) is 3.03. The number of benzene rings is 1. The smallest absolute Gasteiger partial charge is 0.0930 e. The molecule has 0 heterocycles. The van der Waals surface area contributed by atoms with Crippen molar-refractivity contribution in [3.8, 4) is 0 Å². The fourth-order valence-electron chi connectivity index (χ4n) is 1.11. The number of hydrogen-bond acceptors (Lipinski definition) is 3. The molecule has 3 N–H and O–H groups in total. The lowest BCUT2D eigenvalue weighted by molar-refractivity contribution is 0.0784. The molecule has 0 aliphatic rings. The van der Waals surface area contributed by atoms with Crippen molar-refractivity contribution >= 4 is 0 Å². The summed E-state index contributed by atoms with van der Waals surface area (Å²) in [4.78, 5) is 4.49. The Morgan fingerprint density at radius 3 is 2.23 bits per heavy atom. The van der Waals surface area contributed by atoms with Gasteiger partial charge >= 0.3 is 0 Å². The van der Waals surface area contributed by atoms with Crippen molar-refractivity contribution in [1.82, 2.24) is 0 Å². The van der Waals surface area contributed by atoms with Gasteiger partial charge in [0.2, 0.25) is 0 Å². The van der Waals surface area contributed by atoms with E-state index in [2.05, 4.69) is 4.84 Å². The third-order valence-corrected chi connectivity index (χ3v) is 1.91. The molecule has 0 fully saturated rings. The monoisotopic (exact) mass is 181 g/mol. The number of aliphatic hydroxyl groups is 1. The zero-order valence-corrected chi connectivity index (χ0v) is 7.95. The van der Waals surface area contributed by atoms with Crippen molar-refractivity contribution in [2.45, 2.75) is 26.1 Å². The van der Waals surface area contributed by atoms with Crippen molar-refractivity contribution in [3.63, 3.8) is 0 Å². The van der Waals surface area contributed by atoms with Crippen LogP contribution in [-0.4, -0.2) is 5.11 Å². The summed E-state index contributed by atoms with van der Waals surface area (Å²) >= 11 is 0. The SMILES string of the molecule is CC(C)(O)c1ccc(CON)cc1. The highest BCUT2D eigenvalue weighted by atomic mass is 16.6. The Morgan fingerprint density at radius 1 is 1.31 bits per heavy atom. The van der Waals surface area contributed by atoms with E-state index in [0.29, 0.717) is 6.61 Å². The van der Waals surface area contributed by atoms with E-state index in [4.69, 9.17) is 5.90 Å². The molecule has 0 atom stereocenters. The third-order valence-electron chi connectivity index (χ3n) is 1.91. The van der Waals surface area contributed by atoms with E-state index in [9.17, 15) is 5.11 Å². The zero-order chi connectivity index (χ0) is 9.90. The second-order valence-corrected chi connectivity index (χ2v) is 3.57. The molecule has 1 rings (SSSR count). The molecule has 1 aromatic rings. The third kappa shape index (κ3) is 2.81. The molecule has 0 aliphatic carbocycles. The molecule has 0 aromatic heterocycles. The Bertz CT molecular complexity index is 261. The van der Waals surface area contributed by atoms with Crippen LogP contribution in [0.15, 0.2) is 24.3 Å². The van der Waals surface area contributed by atoms with Gasteiger partial charge < -0.3 is 5.11 Å². The van der Waals surface area contributed by atoms with Gasteiger partial charge in [0, 0.05) is 0 Å². The fraction of sp³-hybridized carbons (Fsp3) is 0.400. The molecule has 0 unspecified atom stereocenters. The van der Waals surface area contributed by atoms with Crippen LogP contribution in [0.4, 0.5) is 0 Å². The van der Waals surface area contributed by atoms with Crippen molar-refractivity contribution in [3.05, 3.63) is 35.4 Å². The van der Waals surface area contributed by atoms with Crippen molar-refractivity contribution in [2.75, 3.05) is 0 Å². The summed E-state index contributed by atoms with van der Waals surface area (Å²) in [5, 5.41) is 9.65. The minimum atomic E-state index is -0.790. The molecule has 0 radical (unpaired) electrons. The van der Waals surface area contributed by atoms with Crippen molar-refractivity contribution in [1.29, 1.82) is 0 Å². The molecular weight excluding hydrogens is 166 g/mol. The Hall–Kier alpha value is -0.900. The van der Waals surface area contributed by atoms with Gasteiger partial charge in [0.1, 0.15) is 0 Å². The van der Waals surface area contributed by atoms with E-state index < -0.39 is 5.60 Å². The molecule has 0 saturated heterocycles. The van der Waals surface area contributed by atoms with Crippen LogP contribution >= 0.6 is 0 Å². The second kappa shape index (κ2) is 3.87. The first kappa shape index (κ1) is 10.2. The standard InChI is InChI=1S/C10H15NO2/c1-10(2,12)9-5-3-8(4-6-9)7-13-11/h3-6,12H,7,11H2,1-2H3. The highest BCUT2D eigenvalue weighted by Gasteiger charge is 2.14. The molecule has 0 aliphatic heterocycles. The van der Waals surface area contributed by atoms with E-state index in [1.807, 2.05) is 24.3 Å². The summed E-state index contributed by atoms with van der Waals surface area (Å²) in [5.74, 6) is 4.94. The minimum Gasteiger partial charge on any atom is -0.386 e. The largest absolute Gasteiger partial charge is 0.386 e. The first-order valence-electron chi connectivity index (χ1n) is 4.17. The van der Waals surface area contributed by atoms with Gasteiger partial charge in [-0.15, -0.1) is 0 Å². The van der Waals surface area contributed by atoms with Crippen LogP contribution in [0.25, 0.3) is 0 Å². The number of hydrogen-bond donors (Lipinski definition) is 2. The normalized spacial score (nSPS) is 11.7. The van der Waals surface area contributed by atoms with Crippen LogP contribution in [0.3, 0.4) is 0 Å². The van der Waals surface area contributed by atoms with Crippen molar-refractivity contribution < 1.29 is 9.94 Å². The van der Waals surface area contributed by atoms with Gasteiger partial charge in [-0.2, -0.15) is 0 Å². The Balaban J connectivity index is 2.81. The van der Waals surface area contributed by atoms with Crippen LogP contribution < -0.4 is 5.90 Å². The quantitative estimate of drug-likeness (QED) is 0.691. The highest BCUT2D eigenvalue weighted by molar-refractivity contribution is 5.25. The lowest BCUT2D eigenvalue weighted by atomic mass is 9.97. The van der Waals surface area contributed by atoms with E-state index in [0.717, 1.165) is 11.1 Å². The van der Waals surface area contributed by atoms with Crippen LogP contribution in [0, 0.1) is 0 Å². The molecule has 0 bridgehead atoms. The molecule has 13 heavy (non-hydrogen) atoms. The topological polar surface area (TPSA) is 55.5 Å². The second-order valence-electron chi connectivity index (χ2n) is 3.57. The molecule has 72 valence electrons. The first-order chi connectivity index (χ1) is 6.04.